The Kier molecular flexibility index (Phi) is 5.06. The lowest BCUT2D eigenvalue weighted by molar-refractivity contribution is -0.666. The van der Waals surface area contributed by atoms with E-state index in [9.17, 15) is 4.79 Å². The van der Waals surface area contributed by atoms with Crippen molar-refractivity contribution in [3.8, 4) is 0 Å². The Morgan fingerprint density at radius 1 is 1.07 bits per heavy atom. The van der Waals surface area contributed by atoms with E-state index in [0.717, 1.165) is 38.8 Å². The summed E-state index contributed by atoms with van der Waals surface area (Å²) in [5.74, 6) is -0.697. The van der Waals surface area contributed by atoms with E-state index in [1.54, 1.807) is 0 Å². The number of carboxylic acid groups (broad SMARTS) is 1. The van der Waals surface area contributed by atoms with Gasteiger partial charge in [0.05, 0.1) is 22.8 Å². The molecule has 1 aromatic heterocycles. The topological polar surface area (TPSA) is 44.4 Å². The van der Waals surface area contributed by atoms with Gasteiger partial charge in [0, 0.05) is 17.4 Å². The predicted octanol–water partition coefficient (Wildman–Crippen LogP) is 5.52. The zero-order chi connectivity index (χ0) is 19.8. The van der Waals surface area contributed by atoms with Gasteiger partial charge in [-0.15, -0.1) is 0 Å². The molecule has 2 aromatic carbocycles. The van der Waals surface area contributed by atoms with Crippen molar-refractivity contribution >= 4 is 50.5 Å². The van der Waals surface area contributed by atoms with Crippen LogP contribution in [0, 0.1) is 0 Å². The number of fused-ring (bicyclic) bond motifs is 6. The van der Waals surface area contributed by atoms with Gasteiger partial charge >= 0.3 is 5.97 Å². The Balaban J connectivity index is 1.53. The van der Waals surface area contributed by atoms with Gasteiger partial charge < -0.3 is 10.0 Å². The van der Waals surface area contributed by atoms with Crippen LogP contribution in [0.5, 0.6) is 0 Å². The molecule has 0 spiro atoms. The van der Waals surface area contributed by atoms with E-state index in [0.29, 0.717) is 0 Å². The van der Waals surface area contributed by atoms with Gasteiger partial charge in [-0.1, -0.05) is 53.8 Å². The summed E-state index contributed by atoms with van der Waals surface area (Å²) < 4.78 is 3.82. The number of aromatic nitrogens is 1. The van der Waals surface area contributed by atoms with E-state index in [1.165, 1.54) is 36.4 Å². The Morgan fingerprint density at radius 2 is 1.90 bits per heavy atom. The van der Waals surface area contributed by atoms with E-state index < -0.39 is 5.97 Å². The Hall–Kier alpha value is -2.31. The van der Waals surface area contributed by atoms with Crippen LogP contribution in [0.3, 0.4) is 0 Å². The molecule has 2 aliphatic rings. The standard InChI is InChI=1S/C23H22N2O2S2/c26-21(27)13-3-1-2-8-16-22-24(17-9-4-6-11-19(17)28-22)14-15-25-18-10-5-7-12-20(18)29-23(16)25/h4-7,9-12H,1-3,8,13-15H2/p+1. The monoisotopic (exact) mass is 423 g/mol. The summed E-state index contributed by atoms with van der Waals surface area (Å²) in [7, 11) is 0. The van der Waals surface area contributed by atoms with E-state index in [-0.39, 0.29) is 6.42 Å². The molecular formula is C23H23N2O2S2+. The molecule has 3 aromatic rings. The molecular weight excluding hydrogens is 400 g/mol. The third kappa shape index (κ3) is 3.45. The number of carboxylic acids is 1. The van der Waals surface area contributed by atoms with Gasteiger partial charge in [-0.3, -0.25) is 4.79 Å². The van der Waals surface area contributed by atoms with Crippen molar-refractivity contribution in [3.05, 3.63) is 58.6 Å². The van der Waals surface area contributed by atoms with Gasteiger partial charge in [-0.05, 0) is 37.5 Å². The molecule has 0 saturated carbocycles. The smallest absolute Gasteiger partial charge is 0.303 e. The molecule has 6 heteroatoms. The second-order valence-electron chi connectivity index (χ2n) is 7.49. The van der Waals surface area contributed by atoms with Gasteiger partial charge in [0.25, 0.3) is 5.01 Å². The molecule has 0 saturated heterocycles. The van der Waals surface area contributed by atoms with Crippen molar-refractivity contribution in [1.82, 2.24) is 0 Å². The van der Waals surface area contributed by atoms with Gasteiger partial charge in [-0.2, -0.15) is 4.57 Å². The third-order valence-electron chi connectivity index (χ3n) is 5.60. The number of benzene rings is 2. The number of thioether (sulfide) groups is 1. The van der Waals surface area contributed by atoms with E-state index in [4.69, 9.17) is 5.11 Å². The lowest BCUT2D eigenvalue weighted by Gasteiger charge is -2.18. The van der Waals surface area contributed by atoms with Gasteiger partial charge in [-0.25, -0.2) is 0 Å². The van der Waals surface area contributed by atoms with Crippen LogP contribution >= 0.6 is 23.1 Å². The average molecular weight is 424 g/mol. The number of thiazole rings is 1. The maximum Gasteiger partial charge on any atom is 0.303 e. The summed E-state index contributed by atoms with van der Waals surface area (Å²) in [6.07, 6.45) is 3.97. The summed E-state index contributed by atoms with van der Waals surface area (Å²) in [6.45, 7) is 1.94. The molecule has 29 heavy (non-hydrogen) atoms. The van der Waals surface area contributed by atoms with Crippen LogP contribution in [-0.4, -0.2) is 17.6 Å². The number of para-hydroxylation sites is 2. The number of rotatable bonds is 6. The zero-order valence-electron chi connectivity index (χ0n) is 16.1. The minimum Gasteiger partial charge on any atom is -0.481 e. The normalized spacial score (nSPS) is 15.2. The van der Waals surface area contributed by atoms with Crippen molar-refractivity contribution in [2.75, 3.05) is 11.4 Å². The van der Waals surface area contributed by atoms with Crippen LogP contribution in [0.4, 0.5) is 5.69 Å². The SMILES string of the molecule is O=C(O)CCCCCC1=C2Sc3ccccc3N2CC[n+]2c1sc1ccccc12. The summed E-state index contributed by atoms with van der Waals surface area (Å²) >= 11 is 3.78. The first kappa shape index (κ1) is 18.7. The highest BCUT2D eigenvalue weighted by Crippen LogP contribution is 2.50. The van der Waals surface area contributed by atoms with Crippen molar-refractivity contribution in [3.63, 3.8) is 0 Å². The molecule has 0 fully saturated rings. The molecule has 0 atom stereocenters. The van der Waals surface area contributed by atoms with Crippen molar-refractivity contribution in [1.29, 1.82) is 0 Å². The second kappa shape index (κ2) is 7.84. The van der Waals surface area contributed by atoms with Crippen LogP contribution in [0.15, 0.2) is 58.5 Å². The minimum atomic E-state index is -0.697. The van der Waals surface area contributed by atoms with Crippen molar-refractivity contribution in [2.45, 2.75) is 43.5 Å². The second-order valence-corrected chi connectivity index (χ2v) is 9.55. The molecule has 0 bridgehead atoms. The number of carbonyl (C=O) groups is 1. The lowest BCUT2D eigenvalue weighted by Crippen LogP contribution is -2.39. The fraction of sp³-hybridized carbons (Fsp3) is 0.304. The first-order valence-electron chi connectivity index (χ1n) is 10.1. The highest BCUT2D eigenvalue weighted by molar-refractivity contribution is 8.04. The first-order chi connectivity index (χ1) is 14.2. The van der Waals surface area contributed by atoms with Crippen LogP contribution in [0.1, 0.15) is 37.1 Å². The number of hydrogen-bond acceptors (Lipinski definition) is 4. The quantitative estimate of drug-likeness (QED) is 0.419. The summed E-state index contributed by atoms with van der Waals surface area (Å²) in [5, 5.41) is 11.6. The summed E-state index contributed by atoms with van der Waals surface area (Å²) in [6, 6.07) is 17.3. The van der Waals surface area contributed by atoms with Gasteiger partial charge in [0.1, 0.15) is 4.70 Å². The average Bonchev–Trinajstić information content (AvgIpc) is 3.23. The Bertz CT molecular complexity index is 1120. The van der Waals surface area contributed by atoms with Crippen LogP contribution in [0.2, 0.25) is 0 Å². The van der Waals surface area contributed by atoms with Gasteiger partial charge in [0.2, 0.25) is 5.52 Å². The molecule has 148 valence electrons. The molecule has 0 unspecified atom stereocenters. The maximum atomic E-state index is 10.8. The highest BCUT2D eigenvalue weighted by atomic mass is 32.2. The Labute approximate surface area is 178 Å². The number of allylic oxidation sites excluding steroid dienone is 1. The Morgan fingerprint density at radius 3 is 2.79 bits per heavy atom. The fourth-order valence-electron chi connectivity index (χ4n) is 4.22. The lowest BCUT2D eigenvalue weighted by atomic mass is 10.1. The van der Waals surface area contributed by atoms with Crippen molar-refractivity contribution in [2.24, 2.45) is 0 Å². The largest absolute Gasteiger partial charge is 0.481 e. The van der Waals surface area contributed by atoms with Crippen molar-refractivity contribution < 1.29 is 14.5 Å². The molecule has 0 radical (unpaired) electrons. The third-order valence-corrected chi connectivity index (χ3v) is 8.05. The van der Waals surface area contributed by atoms with E-state index in [1.807, 2.05) is 23.1 Å². The van der Waals surface area contributed by atoms with E-state index >= 15 is 0 Å². The summed E-state index contributed by atoms with van der Waals surface area (Å²) in [5.41, 5.74) is 4.05. The highest BCUT2D eigenvalue weighted by Gasteiger charge is 2.36. The number of unbranched alkanes of at least 4 members (excludes halogenated alkanes) is 2. The zero-order valence-corrected chi connectivity index (χ0v) is 17.8. The van der Waals surface area contributed by atoms with Crippen LogP contribution in [-0.2, 0) is 11.3 Å². The number of nitrogens with zero attached hydrogens (tertiary/aromatic N) is 2. The number of anilines is 1. The molecule has 0 amide bonds. The predicted molar refractivity (Wildman–Crippen MR) is 119 cm³/mol. The van der Waals surface area contributed by atoms with E-state index in [2.05, 4.69) is 58.0 Å². The molecule has 2 aliphatic heterocycles. The summed E-state index contributed by atoms with van der Waals surface area (Å²) in [4.78, 5) is 14.6. The molecule has 1 N–H and O–H groups in total. The van der Waals surface area contributed by atoms with Gasteiger partial charge in [0.15, 0.2) is 6.54 Å². The molecule has 3 heterocycles. The number of hydrogen-bond donors (Lipinski definition) is 1. The first-order valence-corrected chi connectivity index (χ1v) is 11.8. The molecule has 0 aliphatic carbocycles. The van der Waals surface area contributed by atoms with Crippen LogP contribution in [0.25, 0.3) is 15.8 Å². The maximum absolute atomic E-state index is 10.8. The van der Waals surface area contributed by atoms with Crippen LogP contribution < -0.4 is 9.47 Å². The fourth-order valence-corrected chi connectivity index (χ4v) is 6.81. The minimum absolute atomic E-state index is 0.265. The molecule has 4 nitrogen and oxygen atoms in total. The number of aliphatic carboxylic acids is 1. The molecule has 5 rings (SSSR count).